The maximum atomic E-state index is 12.1. The summed E-state index contributed by atoms with van der Waals surface area (Å²) < 4.78 is 36.4. The van der Waals surface area contributed by atoms with Gasteiger partial charge in [-0.2, -0.15) is 0 Å². The molecule has 7 nitrogen and oxygen atoms in total. The van der Waals surface area contributed by atoms with Crippen LogP contribution in [0.5, 0.6) is 11.5 Å². The number of sulfonamides is 1. The summed E-state index contributed by atoms with van der Waals surface area (Å²) in [5.74, 6) is 1.08. The van der Waals surface area contributed by atoms with Crippen LogP contribution < -0.4 is 19.1 Å². The van der Waals surface area contributed by atoms with Crippen LogP contribution in [0.3, 0.4) is 0 Å². The summed E-state index contributed by atoms with van der Waals surface area (Å²) >= 11 is 0. The maximum absolute atomic E-state index is 12.1. The molecule has 0 fully saturated rings. The molecule has 1 aliphatic heterocycles. The van der Waals surface area contributed by atoms with E-state index >= 15 is 0 Å². The third kappa shape index (κ3) is 5.02. The predicted octanol–water partition coefficient (Wildman–Crippen LogP) is 1.53. The predicted molar refractivity (Wildman–Crippen MR) is 92.2 cm³/mol. The number of nitrogens with zero attached hydrogens (tertiary/aromatic N) is 1. The molecule has 0 saturated heterocycles. The molecule has 0 radical (unpaired) electrons. The first kappa shape index (κ1) is 18.4. The van der Waals surface area contributed by atoms with Gasteiger partial charge in [-0.1, -0.05) is 6.92 Å². The molecule has 2 rings (SSSR count). The lowest BCUT2D eigenvalue weighted by Crippen LogP contribution is -2.32. The quantitative estimate of drug-likeness (QED) is 0.763. The van der Waals surface area contributed by atoms with E-state index in [-0.39, 0.29) is 18.9 Å². The second-order valence-corrected chi connectivity index (χ2v) is 7.52. The zero-order chi connectivity index (χ0) is 17.6. The number of benzene rings is 1. The Kier molecular flexibility index (Phi) is 6.30. The summed E-state index contributed by atoms with van der Waals surface area (Å²) in [6.07, 6.45) is 2.76. The van der Waals surface area contributed by atoms with Gasteiger partial charge in [-0.3, -0.25) is 9.10 Å². The Labute approximate surface area is 143 Å². The zero-order valence-electron chi connectivity index (χ0n) is 14.1. The van der Waals surface area contributed by atoms with E-state index in [9.17, 15) is 13.2 Å². The number of amides is 1. The lowest BCUT2D eigenvalue weighted by Gasteiger charge is -2.25. The lowest BCUT2D eigenvalue weighted by molar-refractivity contribution is -0.121. The molecule has 0 atom stereocenters. The average molecular weight is 356 g/mol. The van der Waals surface area contributed by atoms with Crippen LogP contribution in [0.1, 0.15) is 26.2 Å². The Morgan fingerprint density at radius 2 is 1.96 bits per heavy atom. The standard InChI is InChI=1S/C16H24N2O5S/c1-3-8-17-16(19)5-4-9-18(24(2,20)21)13-6-7-14-15(12-13)23-11-10-22-14/h6-7,12H,3-5,8-11H2,1-2H3,(H,17,19). The van der Waals surface area contributed by atoms with Gasteiger partial charge in [0.15, 0.2) is 11.5 Å². The van der Waals surface area contributed by atoms with Crippen LogP contribution in [-0.2, 0) is 14.8 Å². The molecule has 0 unspecified atom stereocenters. The van der Waals surface area contributed by atoms with Crippen molar-refractivity contribution in [3.05, 3.63) is 18.2 Å². The molecule has 0 aliphatic carbocycles. The largest absolute Gasteiger partial charge is 0.486 e. The maximum Gasteiger partial charge on any atom is 0.232 e. The number of carbonyl (C=O) groups is 1. The second kappa shape index (κ2) is 8.23. The first-order valence-electron chi connectivity index (χ1n) is 8.06. The Morgan fingerprint density at radius 1 is 1.25 bits per heavy atom. The molecule has 0 saturated carbocycles. The van der Waals surface area contributed by atoms with Crippen molar-refractivity contribution in [2.75, 3.05) is 36.9 Å². The van der Waals surface area contributed by atoms with E-state index in [2.05, 4.69) is 5.32 Å². The van der Waals surface area contributed by atoms with Crippen molar-refractivity contribution >= 4 is 21.6 Å². The van der Waals surface area contributed by atoms with E-state index in [0.29, 0.717) is 43.4 Å². The van der Waals surface area contributed by atoms with Crippen molar-refractivity contribution in [1.82, 2.24) is 5.32 Å². The molecule has 1 aromatic carbocycles. The highest BCUT2D eigenvalue weighted by molar-refractivity contribution is 7.92. The van der Waals surface area contributed by atoms with Gasteiger partial charge >= 0.3 is 0 Å². The van der Waals surface area contributed by atoms with Crippen LogP contribution in [-0.4, -0.2) is 46.9 Å². The third-order valence-corrected chi connectivity index (χ3v) is 4.75. The van der Waals surface area contributed by atoms with E-state index in [1.807, 2.05) is 6.92 Å². The van der Waals surface area contributed by atoms with Gasteiger partial charge in [-0.25, -0.2) is 8.42 Å². The van der Waals surface area contributed by atoms with E-state index in [0.717, 1.165) is 12.7 Å². The van der Waals surface area contributed by atoms with Gasteiger partial charge < -0.3 is 14.8 Å². The minimum Gasteiger partial charge on any atom is -0.486 e. The Bertz CT molecular complexity index is 675. The monoisotopic (exact) mass is 356 g/mol. The molecule has 1 amide bonds. The average Bonchev–Trinajstić information content (AvgIpc) is 2.55. The smallest absolute Gasteiger partial charge is 0.232 e. The first-order valence-corrected chi connectivity index (χ1v) is 9.90. The van der Waals surface area contributed by atoms with E-state index < -0.39 is 10.0 Å². The van der Waals surface area contributed by atoms with Gasteiger partial charge in [0.05, 0.1) is 11.9 Å². The Hall–Kier alpha value is -1.96. The number of anilines is 1. The summed E-state index contributed by atoms with van der Waals surface area (Å²) in [6.45, 7) is 3.77. The number of hydrogen-bond donors (Lipinski definition) is 1. The van der Waals surface area contributed by atoms with Gasteiger partial charge in [-0.15, -0.1) is 0 Å². The van der Waals surface area contributed by atoms with E-state index in [1.165, 1.54) is 4.31 Å². The number of nitrogens with one attached hydrogen (secondary N) is 1. The highest BCUT2D eigenvalue weighted by Gasteiger charge is 2.20. The van der Waals surface area contributed by atoms with Crippen molar-refractivity contribution in [3.63, 3.8) is 0 Å². The molecular formula is C16H24N2O5S. The minimum absolute atomic E-state index is 0.0625. The lowest BCUT2D eigenvalue weighted by atomic mass is 10.2. The number of fused-ring (bicyclic) bond motifs is 1. The summed E-state index contributed by atoms with van der Waals surface area (Å²) in [6, 6.07) is 5.05. The SMILES string of the molecule is CCCNC(=O)CCCN(c1ccc2c(c1)OCCO2)S(C)(=O)=O. The number of ether oxygens (including phenoxy) is 2. The van der Waals surface area contributed by atoms with Gasteiger partial charge in [0.1, 0.15) is 13.2 Å². The summed E-state index contributed by atoms with van der Waals surface area (Å²) in [5.41, 5.74) is 0.510. The number of rotatable bonds is 8. The van der Waals surface area contributed by atoms with Gasteiger partial charge in [0.25, 0.3) is 0 Å². The number of carbonyl (C=O) groups excluding carboxylic acids is 1. The molecular weight excluding hydrogens is 332 g/mol. The van der Waals surface area contributed by atoms with Gasteiger partial charge in [0.2, 0.25) is 15.9 Å². The molecule has 8 heteroatoms. The Balaban J connectivity index is 2.05. The normalized spacial score (nSPS) is 13.4. The molecule has 0 bridgehead atoms. The van der Waals surface area contributed by atoms with Crippen LogP contribution >= 0.6 is 0 Å². The molecule has 1 N–H and O–H groups in total. The van der Waals surface area contributed by atoms with Crippen molar-refractivity contribution in [3.8, 4) is 11.5 Å². The summed E-state index contributed by atoms with van der Waals surface area (Å²) in [7, 11) is -3.45. The van der Waals surface area contributed by atoms with Crippen molar-refractivity contribution in [1.29, 1.82) is 0 Å². The second-order valence-electron chi connectivity index (χ2n) is 5.62. The van der Waals surface area contributed by atoms with Crippen LogP contribution in [0.2, 0.25) is 0 Å². The molecule has 24 heavy (non-hydrogen) atoms. The fourth-order valence-electron chi connectivity index (χ4n) is 2.41. The van der Waals surface area contributed by atoms with Crippen LogP contribution in [0, 0.1) is 0 Å². The highest BCUT2D eigenvalue weighted by atomic mass is 32.2. The van der Waals surface area contributed by atoms with Gasteiger partial charge in [0, 0.05) is 25.6 Å². The molecule has 1 aromatic rings. The summed E-state index contributed by atoms with van der Waals surface area (Å²) in [4.78, 5) is 11.6. The highest BCUT2D eigenvalue weighted by Crippen LogP contribution is 2.34. The van der Waals surface area contributed by atoms with Crippen LogP contribution in [0.15, 0.2) is 18.2 Å². The molecule has 1 aliphatic rings. The van der Waals surface area contributed by atoms with Crippen LogP contribution in [0.25, 0.3) is 0 Å². The van der Waals surface area contributed by atoms with Crippen molar-refractivity contribution < 1.29 is 22.7 Å². The van der Waals surface area contributed by atoms with Gasteiger partial charge in [-0.05, 0) is 25.0 Å². The molecule has 0 spiro atoms. The topological polar surface area (TPSA) is 84.9 Å². The Morgan fingerprint density at radius 3 is 2.62 bits per heavy atom. The number of hydrogen-bond acceptors (Lipinski definition) is 5. The van der Waals surface area contributed by atoms with E-state index in [4.69, 9.17) is 9.47 Å². The third-order valence-electron chi connectivity index (χ3n) is 3.55. The zero-order valence-corrected chi connectivity index (χ0v) is 14.9. The first-order chi connectivity index (χ1) is 11.4. The molecule has 134 valence electrons. The van der Waals surface area contributed by atoms with E-state index in [1.54, 1.807) is 18.2 Å². The fraction of sp³-hybridized carbons (Fsp3) is 0.562. The summed E-state index contributed by atoms with van der Waals surface area (Å²) in [5, 5.41) is 2.78. The van der Waals surface area contributed by atoms with Crippen LogP contribution in [0.4, 0.5) is 5.69 Å². The molecule has 1 heterocycles. The van der Waals surface area contributed by atoms with Crippen molar-refractivity contribution in [2.24, 2.45) is 0 Å². The minimum atomic E-state index is -3.45. The fourth-order valence-corrected chi connectivity index (χ4v) is 3.37. The van der Waals surface area contributed by atoms with Crippen molar-refractivity contribution in [2.45, 2.75) is 26.2 Å². The molecule has 0 aromatic heterocycles.